The number of hydrogen-bond acceptors (Lipinski definition) is 1. The molecule has 0 unspecified atom stereocenters. The van der Waals surface area contributed by atoms with Crippen molar-refractivity contribution in [3.8, 4) is 0 Å². The molecule has 0 aliphatic rings. The van der Waals surface area contributed by atoms with E-state index in [0.29, 0.717) is 0 Å². The molecule has 0 heterocycles. The highest BCUT2D eigenvalue weighted by atomic mass is 31.2. The molecule has 2 heteroatoms. The van der Waals surface area contributed by atoms with Gasteiger partial charge in [-0.15, -0.1) is 0 Å². The fourth-order valence-electron chi connectivity index (χ4n) is 2.59. The van der Waals surface area contributed by atoms with Gasteiger partial charge in [0.15, 0.2) is 7.14 Å². The van der Waals surface area contributed by atoms with Gasteiger partial charge in [-0.25, -0.2) is 0 Å². The molecule has 0 atom stereocenters. The number of hydrogen-bond donors (Lipinski definition) is 0. The fourth-order valence-corrected chi connectivity index (χ4v) is 5.24. The van der Waals surface area contributed by atoms with Crippen molar-refractivity contribution in [2.24, 2.45) is 0 Å². The van der Waals surface area contributed by atoms with Crippen LogP contribution in [-0.4, -0.2) is 0 Å². The summed E-state index contributed by atoms with van der Waals surface area (Å²) < 4.78 is 13.9. The van der Waals surface area contributed by atoms with Crippen molar-refractivity contribution < 1.29 is 4.57 Å². The van der Waals surface area contributed by atoms with Crippen LogP contribution in [0.1, 0.15) is 39.5 Å². The number of allylic oxidation sites excluding steroid dienone is 1. The first-order valence-corrected chi connectivity index (χ1v) is 9.90. The Kier molecular flexibility index (Phi) is 6.21. The van der Waals surface area contributed by atoms with E-state index in [2.05, 4.69) is 19.7 Å². The Morgan fingerprint density at radius 1 is 0.909 bits per heavy atom. The molecule has 0 N–H and O–H groups in total. The van der Waals surface area contributed by atoms with E-state index >= 15 is 0 Å². The van der Waals surface area contributed by atoms with Gasteiger partial charge in [-0.05, 0) is 25.1 Å². The van der Waals surface area contributed by atoms with Gasteiger partial charge in [-0.3, -0.25) is 0 Å². The first-order chi connectivity index (χ1) is 10.7. The van der Waals surface area contributed by atoms with E-state index in [4.69, 9.17) is 0 Å². The second-order valence-corrected chi connectivity index (χ2v) is 8.18. The highest BCUT2D eigenvalue weighted by Crippen LogP contribution is 2.46. The minimum Gasteiger partial charge on any atom is -0.309 e. The Hall–Kier alpha value is -1.59. The lowest BCUT2D eigenvalue weighted by Crippen LogP contribution is -2.14. The molecule has 2 rings (SSSR count). The van der Waals surface area contributed by atoms with E-state index in [1.165, 1.54) is 5.57 Å². The molecule has 2 aromatic carbocycles. The minimum atomic E-state index is -2.70. The monoisotopic (exact) mass is 312 g/mol. The zero-order valence-electron chi connectivity index (χ0n) is 13.5. The summed E-state index contributed by atoms with van der Waals surface area (Å²) in [5, 5.41) is 1.84. The predicted octanol–water partition coefficient (Wildman–Crippen LogP) is 5.48. The van der Waals surface area contributed by atoms with Crippen LogP contribution in [-0.2, 0) is 4.57 Å². The van der Waals surface area contributed by atoms with Gasteiger partial charge in [0.05, 0.1) is 0 Å². The number of unbranched alkanes of at least 4 members (excludes halogenated alkanes) is 1. The van der Waals surface area contributed by atoms with Crippen LogP contribution >= 0.6 is 7.14 Å². The smallest absolute Gasteiger partial charge is 0.164 e. The number of rotatable bonds is 7. The van der Waals surface area contributed by atoms with Gasteiger partial charge in [0.2, 0.25) is 0 Å². The van der Waals surface area contributed by atoms with Crippen molar-refractivity contribution in [3.63, 3.8) is 0 Å². The second-order valence-electron chi connectivity index (χ2n) is 5.57. The molecule has 2 aromatic rings. The molecule has 0 bridgehead atoms. The Bertz CT molecular complexity index is 600. The summed E-state index contributed by atoms with van der Waals surface area (Å²) in [6.07, 6.45) is 4.32. The Morgan fingerprint density at radius 3 is 1.82 bits per heavy atom. The summed E-state index contributed by atoms with van der Waals surface area (Å²) in [5.74, 6) is 2.06. The average molecular weight is 312 g/mol. The third kappa shape index (κ3) is 3.99. The van der Waals surface area contributed by atoms with Crippen LogP contribution in [0.5, 0.6) is 0 Å². The molecule has 116 valence electrons. The normalized spacial score (nSPS) is 12.4. The van der Waals surface area contributed by atoms with E-state index in [1.54, 1.807) is 0 Å². The Morgan fingerprint density at radius 2 is 1.41 bits per heavy atom. The first-order valence-electron chi connectivity index (χ1n) is 8.12. The molecular weight excluding hydrogens is 287 g/mol. The molecule has 0 aliphatic heterocycles. The van der Waals surface area contributed by atoms with Gasteiger partial charge in [0.25, 0.3) is 0 Å². The molecule has 0 aliphatic carbocycles. The van der Waals surface area contributed by atoms with Crippen LogP contribution < -0.4 is 10.6 Å². The van der Waals surface area contributed by atoms with Gasteiger partial charge in [0.1, 0.15) is 0 Å². The largest absolute Gasteiger partial charge is 0.309 e. The molecule has 0 saturated heterocycles. The van der Waals surface area contributed by atoms with Crippen LogP contribution in [0.15, 0.2) is 72.1 Å². The number of benzene rings is 2. The maximum atomic E-state index is 13.9. The molecule has 0 fully saturated rings. The van der Waals surface area contributed by atoms with Crippen LogP contribution in [0.3, 0.4) is 0 Å². The molecule has 0 amide bonds. The maximum Gasteiger partial charge on any atom is 0.164 e. The lowest BCUT2D eigenvalue weighted by atomic mass is 10.1. The summed E-state index contributed by atoms with van der Waals surface area (Å²) in [6, 6.07) is 19.8. The van der Waals surface area contributed by atoms with Gasteiger partial charge in [-0.2, -0.15) is 0 Å². The zero-order valence-corrected chi connectivity index (χ0v) is 14.4. The Balaban J connectivity index is 2.52. The lowest BCUT2D eigenvalue weighted by Gasteiger charge is -2.17. The summed E-state index contributed by atoms with van der Waals surface area (Å²) in [4.78, 5) is 0. The molecule has 0 aromatic heterocycles. The van der Waals surface area contributed by atoms with Crippen LogP contribution in [0.4, 0.5) is 0 Å². The van der Waals surface area contributed by atoms with Crippen molar-refractivity contribution in [2.45, 2.75) is 39.5 Å². The molecule has 0 spiro atoms. The quantitative estimate of drug-likeness (QED) is 0.618. The summed E-state index contributed by atoms with van der Waals surface area (Å²) in [5.41, 5.74) is 1.30. The first kappa shape index (κ1) is 16.8. The highest BCUT2D eigenvalue weighted by Gasteiger charge is 2.24. The van der Waals surface area contributed by atoms with E-state index in [-0.39, 0.29) is 0 Å². The van der Waals surface area contributed by atoms with Gasteiger partial charge in [0, 0.05) is 10.6 Å². The van der Waals surface area contributed by atoms with Gasteiger partial charge < -0.3 is 4.57 Å². The van der Waals surface area contributed by atoms with Crippen molar-refractivity contribution >= 4 is 17.8 Å². The molecular formula is C20H25OP. The SMILES string of the molecule is CCCC/C(=C\P(=O)(c1ccccc1)c1ccccc1)CC. The average Bonchev–Trinajstić information content (AvgIpc) is 2.60. The lowest BCUT2D eigenvalue weighted by molar-refractivity contribution is 0.591. The maximum absolute atomic E-state index is 13.9. The third-order valence-corrected chi connectivity index (χ3v) is 6.81. The van der Waals surface area contributed by atoms with E-state index in [9.17, 15) is 4.57 Å². The second kappa shape index (κ2) is 8.15. The molecule has 1 nitrogen and oxygen atoms in total. The van der Waals surface area contributed by atoms with Crippen molar-refractivity contribution in [2.75, 3.05) is 0 Å². The summed E-state index contributed by atoms with van der Waals surface area (Å²) in [6.45, 7) is 4.35. The zero-order chi connectivity index (χ0) is 15.8. The van der Waals surface area contributed by atoms with Crippen LogP contribution in [0.25, 0.3) is 0 Å². The summed E-state index contributed by atoms with van der Waals surface area (Å²) in [7, 11) is -2.70. The third-order valence-electron chi connectivity index (χ3n) is 3.95. The highest BCUT2D eigenvalue weighted by molar-refractivity contribution is 7.81. The van der Waals surface area contributed by atoms with Crippen molar-refractivity contribution in [1.82, 2.24) is 0 Å². The fraction of sp³-hybridized carbons (Fsp3) is 0.300. The predicted molar refractivity (Wildman–Crippen MR) is 97.7 cm³/mol. The van der Waals surface area contributed by atoms with E-state index in [0.717, 1.165) is 36.3 Å². The summed E-state index contributed by atoms with van der Waals surface area (Å²) >= 11 is 0. The van der Waals surface area contributed by atoms with Crippen LogP contribution in [0, 0.1) is 0 Å². The standard InChI is InChI=1S/C20H25OP/c1-3-5-12-18(4-2)17-22(21,19-13-8-6-9-14-19)20-15-10-7-11-16-20/h6-11,13-17H,3-5,12H2,1-2H3/b18-17-. The molecule has 0 radical (unpaired) electrons. The van der Waals surface area contributed by atoms with Gasteiger partial charge >= 0.3 is 0 Å². The van der Waals surface area contributed by atoms with Crippen molar-refractivity contribution in [3.05, 3.63) is 72.1 Å². The van der Waals surface area contributed by atoms with Crippen LogP contribution in [0.2, 0.25) is 0 Å². The molecule has 0 saturated carbocycles. The minimum absolute atomic E-state index is 0.920. The van der Waals surface area contributed by atoms with Gasteiger partial charge in [-0.1, -0.05) is 86.5 Å². The topological polar surface area (TPSA) is 17.1 Å². The molecule has 22 heavy (non-hydrogen) atoms. The van der Waals surface area contributed by atoms with E-state index in [1.807, 2.05) is 60.7 Å². The van der Waals surface area contributed by atoms with Crippen molar-refractivity contribution in [1.29, 1.82) is 0 Å². The van der Waals surface area contributed by atoms with E-state index < -0.39 is 7.14 Å². The Labute approximate surface area is 134 Å².